The van der Waals surface area contributed by atoms with Crippen molar-refractivity contribution in [2.24, 2.45) is 0 Å². The highest BCUT2D eigenvalue weighted by Gasteiger charge is 2.07. The summed E-state index contributed by atoms with van der Waals surface area (Å²) < 4.78 is 5.36. The van der Waals surface area contributed by atoms with Crippen molar-refractivity contribution in [2.75, 3.05) is 12.4 Å². The van der Waals surface area contributed by atoms with Gasteiger partial charge < -0.3 is 10.1 Å². The SMILES string of the molecule is COc1ccccc1CSc1nc(Nc2cccc(C)c2)n[nH]1. The molecule has 3 aromatic rings. The number of aryl methyl sites for hydroxylation is 1. The minimum atomic E-state index is 0.568. The lowest BCUT2D eigenvalue weighted by Crippen LogP contribution is -1.92. The number of methoxy groups -OCH3 is 1. The van der Waals surface area contributed by atoms with Crippen LogP contribution in [0.15, 0.2) is 53.7 Å². The molecule has 0 atom stereocenters. The summed E-state index contributed by atoms with van der Waals surface area (Å²) in [7, 11) is 1.68. The topological polar surface area (TPSA) is 62.8 Å². The van der Waals surface area contributed by atoms with Gasteiger partial charge in [-0.1, -0.05) is 42.1 Å². The molecule has 0 bridgehead atoms. The molecule has 2 N–H and O–H groups in total. The number of rotatable bonds is 6. The molecule has 118 valence electrons. The molecule has 0 aliphatic carbocycles. The Hall–Kier alpha value is -2.47. The van der Waals surface area contributed by atoms with E-state index in [1.165, 1.54) is 5.56 Å². The number of benzene rings is 2. The molecule has 6 heteroatoms. The number of aromatic nitrogens is 3. The first-order chi connectivity index (χ1) is 11.2. The molecule has 1 heterocycles. The zero-order valence-corrected chi connectivity index (χ0v) is 13.9. The number of hydrogen-bond donors (Lipinski definition) is 2. The third-order valence-electron chi connectivity index (χ3n) is 3.30. The Bertz CT molecular complexity index is 788. The van der Waals surface area contributed by atoms with Crippen LogP contribution in [0, 0.1) is 6.92 Å². The van der Waals surface area contributed by atoms with Crippen LogP contribution in [0.4, 0.5) is 11.6 Å². The molecule has 23 heavy (non-hydrogen) atoms. The van der Waals surface area contributed by atoms with Crippen LogP contribution in [0.2, 0.25) is 0 Å². The second kappa shape index (κ2) is 7.19. The quantitative estimate of drug-likeness (QED) is 0.666. The third kappa shape index (κ3) is 4.04. The van der Waals surface area contributed by atoms with Crippen LogP contribution in [0.3, 0.4) is 0 Å². The summed E-state index contributed by atoms with van der Waals surface area (Å²) in [4.78, 5) is 4.45. The van der Waals surface area contributed by atoms with Gasteiger partial charge in [0.15, 0.2) is 5.16 Å². The third-order valence-corrected chi connectivity index (χ3v) is 4.21. The van der Waals surface area contributed by atoms with Crippen molar-refractivity contribution in [1.29, 1.82) is 0 Å². The van der Waals surface area contributed by atoms with E-state index in [0.717, 1.165) is 27.9 Å². The molecule has 2 aromatic carbocycles. The van der Waals surface area contributed by atoms with E-state index >= 15 is 0 Å². The number of anilines is 2. The first-order valence-electron chi connectivity index (χ1n) is 7.25. The van der Waals surface area contributed by atoms with Crippen molar-refractivity contribution < 1.29 is 4.74 Å². The fourth-order valence-electron chi connectivity index (χ4n) is 2.19. The Morgan fingerprint density at radius 3 is 2.87 bits per heavy atom. The molecule has 5 nitrogen and oxygen atoms in total. The van der Waals surface area contributed by atoms with Crippen molar-refractivity contribution in [2.45, 2.75) is 17.8 Å². The van der Waals surface area contributed by atoms with E-state index < -0.39 is 0 Å². The largest absolute Gasteiger partial charge is 0.496 e. The van der Waals surface area contributed by atoms with Crippen molar-refractivity contribution in [3.63, 3.8) is 0 Å². The summed E-state index contributed by atoms with van der Waals surface area (Å²) in [5.41, 5.74) is 3.30. The van der Waals surface area contributed by atoms with Crippen LogP contribution in [0.5, 0.6) is 5.75 Å². The highest BCUT2D eigenvalue weighted by atomic mass is 32.2. The van der Waals surface area contributed by atoms with Gasteiger partial charge in [-0.15, -0.1) is 5.10 Å². The Kier molecular flexibility index (Phi) is 4.83. The van der Waals surface area contributed by atoms with Gasteiger partial charge in [0.1, 0.15) is 5.75 Å². The maximum absolute atomic E-state index is 5.36. The molecular weight excluding hydrogens is 308 g/mol. The average Bonchev–Trinajstić information content (AvgIpc) is 3.00. The van der Waals surface area contributed by atoms with Gasteiger partial charge in [0.2, 0.25) is 5.95 Å². The number of nitrogens with zero attached hydrogens (tertiary/aromatic N) is 2. The Labute approximate surface area is 139 Å². The molecular formula is C17H18N4OS. The molecule has 0 saturated heterocycles. The fourth-order valence-corrected chi connectivity index (χ4v) is 2.98. The summed E-state index contributed by atoms with van der Waals surface area (Å²) in [6, 6.07) is 16.1. The summed E-state index contributed by atoms with van der Waals surface area (Å²) in [6.07, 6.45) is 0. The molecule has 1 aromatic heterocycles. The smallest absolute Gasteiger partial charge is 0.247 e. The van der Waals surface area contributed by atoms with E-state index in [1.54, 1.807) is 18.9 Å². The molecule has 0 aliphatic heterocycles. The highest BCUT2D eigenvalue weighted by Crippen LogP contribution is 2.26. The Morgan fingerprint density at radius 1 is 1.17 bits per heavy atom. The number of hydrogen-bond acceptors (Lipinski definition) is 5. The zero-order valence-electron chi connectivity index (χ0n) is 13.0. The Morgan fingerprint density at radius 2 is 2.04 bits per heavy atom. The van der Waals surface area contributed by atoms with Gasteiger partial charge in [-0.3, -0.25) is 5.10 Å². The van der Waals surface area contributed by atoms with E-state index in [-0.39, 0.29) is 0 Å². The molecule has 0 saturated carbocycles. The lowest BCUT2D eigenvalue weighted by molar-refractivity contribution is 0.411. The van der Waals surface area contributed by atoms with Crippen molar-refractivity contribution >= 4 is 23.4 Å². The van der Waals surface area contributed by atoms with E-state index in [4.69, 9.17) is 4.74 Å². The second-order valence-electron chi connectivity index (χ2n) is 5.06. The van der Waals surface area contributed by atoms with Crippen LogP contribution in [0.25, 0.3) is 0 Å². The van der Waals surface area contributed by atoms with Crippen LogP contribution in [-0.4, -0.2) is 22.3 Å². The minimum Gasteiger partial charge on any atom is -0.496 e. The zero-order chi connectivity index (χ0) is 16.1. The fraction of sp³-hybridized carbons (Fsp3) is 0.176. The maximum atomic E-state index is 5.36. The van der Waals surface area contributed by atoms with Crippen LogP contribution in [0.1, 0.15) is 11.1 Å². The molecule has 0 radical (unpaired) electrons. The number of nitrogens with one attached hydrogen (secondary N) is 2. The number of ether oxygens (including phenoxy) is 1. The molecule has 0 amide bonds. The van der Waals surface area contributed by atoms with Gasteiger partial charge in [-0.05, 0) is 30.7 Å². The van der Waals surface area contributed by atoms with E-state index in [1.807, 2.05) is 36.4 Å². The van der Waals surface area contributed by atoms with Crippen molar-refractivity contribution in [1.82, 2.24) is 15.2 Å². The highest BCUT2D eigenvalue weighted by molar-refractivity contribution is 7.98. The predicted octanol–water partition coefficient (Wildman–Crippen LogP) is 4.16. The summed E-state index contributed by atoms with van der Waals surface area (Å²) in [6.45, 7) is 2.05. The van der Waals surface area contributed by atoms with Gasteiger partial charge in [0.05, 0.1) is 7.11 Å². The average molecular weight is 326 g/mol. The normalized spacial score (nSPS) is 10.5. The number of thioether (sulfide) groups is 1. The molecule has 0 unspecified atom stereocenters. The van der Waals surface area contributed by atoms with Gasteiger partial charge in [0.25, 0.3) is 0 Å². The molecule has 0 fully saturated rings. The van der Waals surface area contributed by atoms with E-state index in [2.05, 4.69) is 39.6 Å². The second-order valence-corrected chi connectivity index (χ2v) is 6.02. The van der Waals surface area contributed by atoms with E-state index in [9.17, 15) is 0 Å². The number of aromatic amines is 1. The van der Waals surface area contributed by atoms with Crippen molar-refractivity contribution in [3.8, 4) is 5.75 Å². The van der Waals surface area contributed by atoms with Crippen LogP contribution < -0.4 is 10.1 Å². The minimum absolute atomic E-state index is 0.568. The maximum Gasteiger partial charge on any atom is 0.247 e. The predicted molar refractivity (Wildman–Crippen MR) is 93.4 cm³/mol. The van der Waals surface area contributed by atoms with E-state index in [0.29, 0.717) is 5.95 Å². The standard InChI is InChI=1S/C17H18N4OS/c1-12-6-5-8-14(10-12)18-16-19-17(21-20-16)23-11-13-7-3-4-9-15(13)22-2/h3-10H,11H2,1-2H3,(H2,18,19,20,21). The van der Waals surface area contributed by atoms with Gasteiger partial charge >= 0.3 is 0 Å². The lowest BCUT2D eigenvalue weighted by atomic mass is 10.2. The van der Waals surface area contributed by atoms with Gasteiger partial charge in [0, 0.05) is 17.0 Å². The number of H-pyrrole nitrogens is 1. The summed E-state index contributed by atoms with van der Waals surface area (Å²) in [5.74, 6) is 2.22. The number of para-hydroxylation sites is 1. The van der Waals surface area contributed by atoms with Crippen LogP contribution in [-0.2, 0) is 5.75 Å². The summed E-state index contributed by atoms with van der Waals surface area (Å²) >= 11 is 1.59. The van der Waals surface area contributed by atoms with Crippen molar-refractivity contribution in [3.05, 3.63) is 59.7 Å². The molecule has 3 rings (SSSR count). The van der Waals surface area contributed by atoms with Gasteiger partial charge in [-0.2, -0.15) is 4.98 Å². The lowest BCUT2D eigenvalue weighted by Gasteiger charge is -2.06. The van der Waals surface area contributed by atoms with Crippen LogP contribution >= 0.6 is 11.8 Å². The Balaban J connectivity index is 1.63. The molecule has 0 aliphatic rings. The summed E-state index contributed by atoms with van der Waals surface area (Å²) in [5, 5.41) is 11.1. The first-order valence-corrected chi connectivity index (χ1v) is 8.24. The van der Waals surface area contributed by atoms with Gasteiger partial charge in [-0.25, -0.2) is 0 Å². The monoisotopic (exact) mass is 326 g/mol. The first kappa shape index (κ1) is 15.4. The molecule has 0 spiro atoms.